The molecule has 1 heterocycles. The lowest BCUT2D eigenvalue weighted by atomic mass is 9.93. The summed E-state index contributed by atoms with van der Waals surface area (Å²) >= 11 is 1.31. The molecule has 0 saturated carbocycles. The molecule has 0 aromatic heterocycles. The summed E-state index contributed by atoms with van der Waals surface area (Å²) in [6.07, 6.45) is 0. The predicted molar refractivity (Wildman–Crippen MR) is 72.0 cm³/mol. The van der Waals surface area contributed by atoms with E-state index in [0.29, 0.717) is 6.61 Å². The third kappa shape index (κ3) is 3.48. The Labute approximate surface area is 107 Å². The number of rotatable bonds is 0. The number of carbonyl (C=O) groups excluding carboxylic acids is 1. The number of carbonyl (C=O) groups is 1. The van der Waals surface area contributed by atoms with E-state index in [2.05, 4.69) is 5.32 Å². The Morgan fingerprint density at radius 1 is 1.29 bits per heavy atom. The molecule has 2 rings (SSSR count). The van der Waals surface area contributed by atoms with E-state index in [1.54, 1.807) is 0 Å². The van der Waals surface area contributed by atoms with Crippen molar-refractivity contribution in [2.24, 2.45) is 5.41 Å². The smallest absolute Gasteiger partial charge is 0.232 e. The summed E-state index contributed by atoms with van der Waals surface area (Å²) in [7, 11) is 0. The fourth-order valence-electron chi connectivity index (χ4n) is 1.24. The lowest BCUT2D eigenvalue weighted by Crippen LogP contribution is -2.35. The molecule has 1 N–H and O–H groups in total. The second kappa shape index (κ2) is 6.07. The van der Waals surface area contributed by atoms with Crippen molar-refractivity contribution < 1.29 is 8.98 Å². The topological polar surface area (TPSA) is 38.3 Å². The second-order valence-corrected chi connectivity index (χ2v) is 5.02. The van der Waals surface area contributed by atoms with E-state index in [4.69, 9.17) is 4.18 Å². The molecule has 1 aromatic rings. The number of nitrogens with one attached hydrogen (secondary N) is 1. The quantitative estimate of drug-likeness (QED) is 0.716. The fourth-order valence-corrected chi connectivity index (χ4v) is 2.06. The first-order valence-electron chi connectivity index (χ1n) is 5.79. The molecule has 17 heavy (non-hydrogen) atoms. The van der Waals surface area contributed by atoms with Crippen LogP contribution in [0.15, 0.2) is 29.2 Å². The van der Waals surface area contributed by atoms with Crippen molar-refractivity contribution in [1.82, 2.24) is 0 Å². The van der Waals surface area contributed by atoms with E-state index in [-0.39, 0.29) is 5.91 Å². The molecular weight excluding hydrogens is 234 g/mol. The van der Waals surface area contributed by atoms with Crippen LogP contribution in [0.1, 0.15) is 27.7 Å². The van der Waals surface area contributed by atoms with E-state index >= 15 is 0 Å². The Morgan fingerprint density at radius 2 is 1.94 bits per heavy atom. The van der Waals surface area contributed by atoms with Crippen LogP contribution >= 0.6 is 12.0 Å². The third-order valence-electron chi connectivity index (χ3n) is 2.32. The average Bonchev–Trinajstić information content (AvgIpc) is 2.32. The molecule has 1 aliphatic rings. The summed E-state index contributed by atoms with van der Waals surface area (Å²) in [5, 5.41) is 2.91. The minimum Gasteiger partial charge on any atom is -0.324 e. The molecule has 1 amide bonds. The summed E-state index contributed by atoms with van der Waals surface area (Å²) in [6.45, 7) is 8.16. The van der Waals surface area contributed by atoms with Gasteiger partial charge < -0.3 is 9.50 Å². The molecule has 0 bridgehead atoms. The maximum atomic E-state index is 11.9. The number of hydrogen-bond acceptors (Lipinski definition) is 3. The molecule has 0 saturated heterocycles. The molecule has 0 unspecified atom stereocenters. The van der Waals surface area contributed by atoms with Gasteiger partial charge in [-0.15, -0.1) is 0 Å². The number of amides is 1. The van der Waals surface area contributed by atoms with Crippen LogP contribution in [0.2, 0.25) is 0 Å². The van der Waals surface area contributed by atoms with Gasteiger partial charge in [0.2, 0.25) is 5.91 Å². The van der Waals surface area contributed by atoms with Crippen molar-refractivity contribution in [3.05, 3.63) is 24.3 Å². The van der Waals surface area contributed by atoms with Crippen molar-refractivity contribution in [3.63, 3.8) is 0 Å². The Balaban J connectivity index is 0.000000686. The molecule has 1 aliphatic heterocycles. The van der Waals surface area contributed by atoms with Gasteiger partial charge >= 0.3 is 0 Å². The van der Waals surface area contributed by atoms with Gasteiger partial charge in [0, 0.05) is 12.0 Å². The van der Waals surface area contributed by atoms with Crippen molar-refractivity contribution in [1.29, 1.82) is 0 Å². The molecular formula is C13H19NO2S. The van der Waals surface area contributed by atoms with Gasteiger partial charge in [0.1, 0.15) is 0 Å². The van der Waals surface area contributed by atoms with Crippen LogP contribution in [0.3, 0.4) is 0 Å². The number of para-hydroxylation sites is 1. The Morgan fingerprint density at radius 3 is 2.65 bits per heavy atom. The lowest BCUT2D eigenvalue weighted by Gasteiger charge is -2.26. The van der Waals surface area contributed by atoms with Crippen molar-refractivity contribution in [3.8, 4) is 0 Å². The highest BCUT2D eigenvalue weighted by Crippen LogP contribution is 2.33. The van der Waals surface area contributed by atoms with Gasteiger partial charge in [0.15, 0.2) is 0 Å². The molecule has 4 heteroatoms. The Hall–Kier alpha value is -1.00. The third-order valence-corrected chi connectivity index (χ3v) is 3.09. The molecule has 0 aliphatic carbocycles. The highest BCUT2D eigenvalue weighted by molar-refractivity contribution is 7.94. The van der Waals surface area contributed by atoms with Crippen LogP contribution in [-0.4, -0.2) is 12.5 Å². The molecule has 0 atom stereocenters. The van der Waals surface area contributed by atoms with Gasteiger partial charge in [-0.05, 0) is 26.0 Å². The summed E-state index contributed by atoms with van der Waals surface area (Å²) < 4.78 is 5.44. The van der Waals surface area contributed by atoms with Gasteiger partial charge in [-0.1, -0.05) is 26.0 Å². The van der Waals surface area contributed by atoms with Crippen LogP contribution in [0.4, 0.5) is 5.69 Å². The number of fused-ring (bicyclic) bond motifs is 1. The van der Waals surface area contributed by atoms with E-state index in [0.717, 1.165) is 10.6 Å². The van der Waals surface area contributed by atoms with Crippen LogP contribution in [-0.2, 0) is 8.98 Å². The Kier molecular flexibility index (Phi) is 5.02. The molecule has 0 spiro atoms. The predicted octanol–water partition coefficient (Wildman–Crippen LogP) is 3.71. The zero-order chi connectivity index (χ0) is 12.9. The molecule has 1 aromatic carbocycles. The van der Waals surface area contributed by atoms with Crippen LogP contribution in [0, 0.1) is 5.41 Å². The van der Waals surface area contributed by atoms with Gasteiger partial charge in [0.25, 0.3) is 0 Å². The zero-order valence-electron chi connectivity index (χ0n) is 10.7. The first-order valence-corrected chi connectivity index (χ1v) is 6.54. The van der Waals surface area contributed by atoms with E-state index in [1.807, 2.05) is 52.0 Å². The SMILES string of the molecule is CC.CC1(C)COSc2ccccc2NC1=O. The summed E-state index contributed by atoms with van der Waals surface area (Å²) in [6, 6.07) is 7.63. The second-order valence-electron chi connectivity index (χ2n) is 4.18. The van der Waals surface area contributed by atoms with Crippen LogP contribution < -0.4 is 5.32 Å². The van der Waals surface area contributed by atoms with Gasteiger partial charge in [0.05, 0.1) is 22.6 Å². The first kappa shape index (κ1) is 14.1. The zero-order valence-corrected chi connectivity index (χ0v) is 11.6. The fraction of sp³-hybridized carbons (Fsp3) is 0.462. The van der Waals surface area contributed by atoms with E-state index < -0.39 is 5.41 Å². The molecule has 0 radical (unpaired) electrons. The van der Waals surface area contributed by atoms with Crippen molar-refractivity contribution in [2.75, 3.05) is 11.9 Å². The minimum atomic E-state index is -0.486. The van der Waals surface area contributed by atoms with Crippen molar-refractivity contribution in [2.45, 2.75) is 32.6 Å². The van der Waals surface area contributed by atoms with Crippen molar-refractivity contribution >= 4 is 23.6 Å². The number of hydrogen-bond donors (Lipinski definition) is 1. The Bertz CT molecular complexity index is 391. The normalized spacial score (nSPS) is 17.8. The average molecular weight is 253 g/mol. The van der Waals surface area contributed by atoms with Gasteiger partial charge in [-0.2, -0.15) is 0 Å². The molecule has 3 nitrogen and oxygen atoms in total. The maximum Gasteiger partial charge on any atom is 0.232 e. The van der Waals surface area contributed by atoms with Crippen LogP contribution in [0.25, 0.3) is 0 Å². The van der Waals surface area contributed by atoms with Crippen LogP contribution in [0.5, 0.6) is 0 Å². The highest BCUT2D eigenvalue weighted by atomic mass is 32.2. The summed E-state index contributed by atoms with van der Waals surface area (Å²) in [5.41, 5.74) is 0.334. The monoisotopic (exact) mass is 253 g/mol. The summed E-state index contributed by atoms with van der Waals surface area (Å²) in [4.78, 5) is 12.8. The summed E-state index contributed by atoms with van der Waals surface area (Å²) in [5.74, 6) is -0.00440. The van der Waals surface area contributed by atoms with E-state index in [9.17, 15) is 4.79 Å². The number of anilines is 1. The molecule has 0 fully saturated rings. The lowest BCUT2D eigenvalue weighted by molar-refractivity contribution is -0.125. The van der Waals surface area contributed by atoms with E-state index in [1.165, 1.54) is 12.0 Å². The first-order chi connectivity index (χ1) is 8.09. The largest absolute Gasteiger partial charge is 0.324 e. The molecule has 94 valence electrons. The maximum absolute atomic E-state index is 11.9. The number of benzene rings is 1. The highest BCUT2D eigenvalue weighted by Gasteiger charge is 2.30. The minimum absolute atomic E-state index is 0.00440. The van der Waals surface area contributed by atoms with Gasteiger partial charge in [-0.3, -0.25) is 4.79 Å². The standard InChI is InChI=1S/C11H13NO2S.C2H6/c1-11(2)7-14-15-9-6-4-3-5-8(9)12-10(11)13;1-2/h3-6H,7H2,1-2H3,(H,12,13);1-2H3. The van der Waals surface area contributed by atoms with Gasteiger partial charge in [-0.25, -0.2) is 0 Å².